The summed E-state index contributed by atoms with van der Waals surface area (Å²) >= 11 is 0. The minimum absolute atomic E-state index is 0.0690. The molecule has 1 atom stereocenters. The van der Waals surface area contributed by atoms with Crippen molar-refractivity contribution in [2.75, 3.05) is 13.2 Å². The predicted molar refractivity (Wildman–Crippen MR) is 73.2 cm³/mol. The van der Waals surface area contributed by atoms with Gasteiger partial charge in [-0.1, -0.05) is 17.3 Å². The lowest BCUT2D eigenvalue weighted by atomic mass is 10.1. The molecule has 110 valence electrons. The van der Waals surface area contributed by atoms with E-state index in [1.807, 2.05) is 0 Å². The van der Waals surface area contributed by atoms with Crippen molar-refractivity contribution in [1.29, 1.82) is 0 Å². The molecule has 1 amide bonds. The number of nitrogens with zero attached hydrogens (tertiary/aromatic N) is 1. The Hall–Kier alpha value is -2.21. The van der Waals surface area contributed by atoms with Crippen LogP contribution < -0.4 is 5.32 Å². The zero-order valence-corrected chi connectivity index (χ0v) is 11.3. The summed E-state index contributed by atoms with van der Waals surface area (Å²) in [6.07, 6.45) is 2.04. The number of benzene rings is 1. The van der Waals surface area contributed by atoms with Gasteiger partial charge in [0, 0.05) is 24.8 Å². The largest absolute Gasteiger partial charge is 0.376 e. The molecule has 1 saturated heterocycles. The van der Waals surface area contributed by atoms with Crippen LogP contribution in [-0.2, 0) is 4.74 Å². The molecule has 1 fully saturated rings. The smallest absolute Gasteiger partial charge is 0.290 e. The summed E-state index contributed by atoms with van der Waals surface area (Å²) in [5.41, 5.74) is 0.994. The number of halogens is 1. The first-order valence-electron chi connectivity index (χ1n) is 6.85. The van der Waals surface area contributed by atoms with E-state index in [9.17, 15) is 9.18 Å². The molecule has 1 aromatic heterocycles. The lowest BCUT2D eigenvalue weighted by molar-refractivity contribution is 0.0828. The number of aromatic nitrogens is 1. The number of nitrogens with one attached hydrogen (secondary N) is 1. The van der Waals surface area contributed by atoms with Crippen LogP contribution in [0.4, 0.5) is 4.39 Å². The summed E-state index contributed by atoms with van der Waals surface area (Å²) in [7, 11) is 0. The number of ether oxygens (including phenoxy) is 1. The Kier molecular flexibility index (Phi) is 3.96. The second kappa shape index (κ2) is 6.05. The summed E-state index contributed by atoms with van der Waals surface area (Å²) < 4.78 is 23.6. The molecular weight excluding hydrogens is 275 g/mol. The fourth-order valence-corrected chi connectivity index (χ4v) is 2.27. The Bertz CT molecular complexity index is 635. The fourth-order valence-electron chi connectivity index (χ4n) is 2.27. The Balaban J connectivity index is 1.65. The normalized spacial score (nSPS) is 17.9. The van der Waals surface area contributed by atoms with Gasteiger partial charge in [-0.15, -0.1) is 0 Å². The zero-order valence-electron chi connectivity index (χ0n) is 11.3. The third kappa shape index (κ3) is 3.28. The van der Waals surface area contributed by atoms with E-state index >= 15 is 0 Å². The van der Waals surface area contributed by atoms with Crippen LogP contribution in [-0.4, -0.2) is 30.3 Å². The molecule has 1 unspecified atom stereocenters. The summed E-state index contributed by atoms with van der Waals surface area (Å²) in [5, 5.41) is 6.54. The molecule has 1 aliphatic heterocycles. The lowest BCUT2D eigenvalue weighted by Gasteiger charge is -2.08. The minimum atomic E-state index is -0.361. The van der Waals surface area contributed by atoms with Crippen molar-refractivity contribution < 1.29 is 18.4 Å². The average Bonchev–Trinajstić information content (AvgIpc) is 3.16. The van der Waals surface area contributed by atoms with Crippen molar-refractivity contribution in [3.8, 4) is 11.3 Å². The van der Waals surface area contributed by atoms with E-state index in [4.69, 9.17) is 9.26 Å². The number of carbonyl (C=O) groups excluding carboxylic acids is 1. The number of carbonyl (C=O) groups is 1. The van der Waals surface area contributed by atoms with Crippen LogP contribution >= 0.6 is 0 Å². The molecule has 21 heavy (non-hydrogen) atoms. The van der Waals surface area contributed by atoms with E-state index in [1.165, 1.54) is 18.2 Å². The van der Waals surface area contributed by atoms with Crippen LogP contribution in [0.25, 0.3) is 11.3 Å². The molecule has 0 spiro atoms. The van der Waals surface area contributed by atoms with E-state index in [-0.39, 0.29) is 23.6 Å². The molecular formula is C15H15FN2O3. The summed E-state index contributed by atoms with van der Waals surface area (Å²) in [4.78, 5) is 11.9. The highest BCUT2D eigenvalue weighted by Gasteiger charge is 2.19. The van der Waals surface area contributed by atoms with Crippen molar-refractivity contribution in [2.45, 2.75) is 18.9 Å². The van der Waals surface area contributed by atoms with E-state index in [0.29, 0.717) is 17.8 Å². The zero-order chi connectivity index (χ0) is 14.7. The monoisotopic (exact) mass is 290 g/mol. The van der Waals surface area contributed by atoms with Crippen LogP contribution in [0.2, 0.25) is 0 Å². The highest BCUT2D eigenvalue weighted by Crippen LogP contribution is 2.20. The van der Waals surface area contributed by atoms with Crippen LogP contribution in [0.15, 0.2) is 34.9 Å². The first kappa shape index (κ1) is 13.8. The van der Waals surface area contributed by atoms with Crippen LogP contribution in [0.1, 0.15) is 23.4 Å². The van der Waals surface area contributed by atoms with E-state index in [2.05, 4.69) is 10.5 Å². The number of amides is 1. The van der Waals surface area contributed by atoms with Crippen molar-refractivity contribution >= 4 is 5.91 Å². The Morgan fingerprint density at radius 2 is 2.33 bits per heavy atom. The van der Waals surface area contributed by atoms with Gasteiger partial charge in [0.25, 0.3) is 5.91 Å². The van der Waals surface area contributed by atoms with Gasteiger partial charge in [-0.3, -0.25) is 4.79 Å². The number of hydrogen-bond donors (Lipinski definition) is 1. The van der Waals surface area contributed by atoms with Gasteiger partial charge in [-0.05, 0) is 25.0 Å². The van der Waals surface area contributed by atoms with Crippen LogP contribution in [0.5, 0.6) is 0 Å². The maximum atomic E-state index is 13.2. The quantitative estimate of drug-likeness (QED) is 0.939. The van der Waals surface area contributed by atoms with Gasteiger partial charge in [0.05, 0.1) is 6.10 Å². The third-order valence-corrected chi connectivity index (χ3v) is 3.37. The second-order valence-corrected chi connectivity index (χ2v) is 4.93. The summed E-state index contributed by atoms with van der Waals surface area (Å²) in [6, 6.07) is 7.47. The van der Waals surface area contributed by atoms with Gasteiger partial charge in [0.1, 0.15) is 11.5 Å². The Morgan fingerprint density at radius 3 is 3.10 bits per heavy atom. The Labute approximate surface area is 121 Å². The van der Waals surface area contributed by atoms with Crippen molar-refractivity contribution in [1.82, 2.24) is 10.5 Å². The SMILES string of the molecule is O=C(NCC1CCCO1)c1cc(-c2cccc(F)c2)no1. The van der Waals surface area contributed by atoms with Gasteiger partial charge in [0.2, 0.25) is 5.76 Å². The number of hydrogen-bond acceptors (Lipinski definition) is 4. The molecule has 0 bridgehead atoms. The third-order valence-electron chi connectivity index (χ3n) is 3.37. The Morgan fingerprint density at radius 1 is 1.43 bits per heavy atom. The maximum absolute atomic E-state index is 13.2. The first-order chi connectivity index (χ1) is 10.2. The molecule has 0 saturated carbocycles. The molecule has 5 nitrogen and oxygen atoms in total. The highest BCUT2D eigenvalue weighted by atomic mass is 19.1. The molecule has 6 heteroatoms. The molecule has 0 aliphatic carbocycles. The lowest BCUT2D eigenvalue weighted by Crippen LogP contribution is -2.31. The van der Waals surface area contributed by atoms with E-state index < -0.39 is 0 Å². The highest BCUT2D eigenvalue weighted by molar-refractivity contribution is 5.92. The first-order valence-corrected chi connectivity index (χ1v) is 6.85. The van der Waals surface area contributed by atoms with Gasteiger partial charge in [0.15, 0.2) is 0 Å². The topological polar surface area (TPSA) is 64.4 Å². The second-order valence-electron chi connectivity index (χ2n) is 4.93. The molecule has 1 N–H and O–H groups in total. The fraction of sp³-hybridized carbons (Fsp3) is 0.333. The molecule has 2 heterocycles. The maximum Gasteiger partial charge on any atom is 0.290 e. The summed E-state index contributed by atoms with van der Waals surface area (Å²) in [5.74, 6) is -0.604. The van der Waals surface area contributed by atoms with Crippen LogP contribution in [0.3, 0.4) is 0 Å². The average molecular weight is 290 g/mol. The molecule has 2 aromatic rings. The van der Waals surface area contributed by atoms with Gasteiger partial charge >= 0.3 is 0 Å². The van der Waals surface area contributed by atoms with Crippen molar-refractivity contribution in [2.24, 2.45) is 0 Å². The van der Waals surface area contributed by atoms with Crippen molar-refractivity contribution in [3.05, 3.63) is 41.9 Å². The molecule has 0 radical (unpaired) electrons. The van der Waals surface area contributed by atoms with Crippen LogP contribution in [0, 0.1) is 5.82 Å². The molecule has 1 aromatic carbocycles. The van der Waals surface area contributed by atoms with Gasteiger partial charge in [-0.25, -0.2) is 4.39 Å². The van der Waals surface area contributed by atoms with Crippen molar-refractivity contribution in [3.63, 3.8) is 0 Å². The van der Waals surface area contributed by atoms with Gasteiger partial charge in [-0.2, -0.15) is 0 Å². The predicted octanol–water partition coefficient (Wildman–Crippen LogP) is 2.39. The van der Waals surface area contributed by atoms with E-state index in [0.717, 1.165) is 19.4 Å². The minimum Gasteiger partial charge on any atom is -0.376 e. The molecule has 1 aliphatic rings. The standard InChI is InChI=1S/C15H15FN2O3/c16-11-4-1-3-10(7-11)13-8-14(21-18-13)15(19)17-9-12-5-2-6-20-12/h1,3-4,7-8,12H,2,5-6,9H2,(H,17,19). The molecule has 3 rings (SSSR count). The summed E-state index contributed by atoms with van der Waals surface area (Å²) in [6.45, 7) is 1.20. The van der Waals surface area contributed by atoms with Gasteiger partial charge < -0.3 is 14.6 Å². The van der Waals surface area contributed by atoms with E-state index in [1.54, 1.807) is 12.1 Å². The number of rotatable bonds is 4.